The van der Waals surface area contributed by atoms with Gasteiger partial charge in [-0.25, -0.2) is 4.98 Å². The summed E-state index contributed by atoms with van der Waals surface area (Å²) in [5.41, 5.74) is 4.68. The van der Waals surface area contributed by atoms with Gasteiger partial charge in [0.1, 0.15) is 16.7 Å². The third kappa shape index (κ3) is 4.50. The molecule has 2 rings (SSSR count). The number of aromatic nitrogens is 1. The van der Waals surface area contributed by atoms with E-state index in [2.05, 4.69) is 21.6 Å². The number of rotatable bonds is 6. The van der Waals surface area contributed by atoms with Gasteiger partial charge in [-0.2, -0.15) is 10.4 Å². The summed E-state index contributed by atoms with van der Waals surface area (Å²) in [4.78, 5) is 14.6. The summed E-state index contributed by atoms with van der Waals surface area (Å²) in [7, 11) is 1.54. The minimum Gasteiger partial charge on any atom is -0.380 e. The lowest BCUT2D eigenvalue weighted by molar-refractivity contribution is -0.384. The van der Waals surface area contributed by atoms with E-state index in [9.17, 15) is 15.4 Å². The van der Waals surface area contributed by atoms with Crippen LogP contribution in [0, 0.1) is 28.4 Å². The van der Waals surface area contributed by atoms with Crippen LogP contribution in [0.25, 0.3) is 0 Å². The second-order valence-electron chi connectivity index (χ2n) is 5.03. The molecule has 1 aromatic heterocycles. The van der Waals surface area contributed by atoms with E-state index in [0.717, 1.165) is 0 Å². The average Bonchev–Trinajstić information content (AvgIpc) is 2.56. The normalized spacial score (nSPS) is 10.6. The van der Waals surface area contributed by atoms with Crippen molar-refractivity contribution in [3.05, 3.63) is 61.8 Å². The van der Waals surface area contributed by atoms with Crippen molar-refractivity contribution in [3.63, 3.8) is 0 Å². The highest BCUT2D eigenvalue weighted by molar-refractivity contribution is 6.32. The first kappa shape index (κ1) is 18.3. The highest BCUT2D eigenvalue weighted by Crippen LogP contribution is 2.24. The fourth-order valence-electron chi connectivity index (χ4n) is 2.13. The van der Waals surface area contributed by atoms with E-state index in [1.807, 2.05) is 0 Å². The molecule has 0 aliphatic heterocycles. The molecular weight excluding hydrogens is 346 g/mol. The number of nitrogens with one attached hydrogen (secondary N) is 1. The molecule has 25 heavy (non-hydrogen) atoms. The molecule has 1 heterocycles. The largest absolute Gasteiger partial charge is 0.380 e. The lowest BCUT2D eigenvalue weighted by Gasteiger charge is -2.09. The molecule has 0 spiro atoms. The van der Waals surface area contributed by atoms with E-state index >= 15 is 0 Å². The van der Waals surface area contributed by atoms with Gasteiger partial charge in [0.05, 0.1) is 17.7 Å². The maximum Gasteiger partial charge on any atom is 0.288 e. The summed E-state index contributed by atoms with van der Waals surface area (Å²) in [6.45, 7) is 2.06. The Balaban J connectivity index is 2.27. The number of nitro groups is 1. The minimum absolute atomic E-state index is 0.0476. The van der Waals surface area contributed by atoms with E-state index in [1.54, 1.807) is 19.1 Å². The molecule has 0 radical (unpaired) electrons. The number of hydrazone groups is 1. The summed E-state index contributed by atoms with van der Waals surface area (Å²) >= 11 is 5.77. The number of ether oxygens (including phenoxy) is 1. The molecule has 0 bridgehead atoms. The second-order valence-corrected chi connectivity index (χ2v) is 5.44. The molecule has 2 aromatic rings. The van der Waals surface area contributed by atoms with E-state index in [4.69, 9.17) is 16.3 Å². The van der Waals surface area contributed by atoms with Gasteiger partial charge in [0, 0.05) is 30.0 Å². The molecule has 9 heteroatoms. The molecule has 0 fully saturated rings. The molecule has 0 saturated carbocycles. The molecule has 0 unspecified atom stereocenters. The highest BCUT2D eigenvalue weighted by Gasteiger charge is 2.13. The number of benzene rings is 1. The summed E-state index contributed by atoms with van der Waals surface area (Å²) in [6, 6.07) is 8.15. The third-order valence-electron chi connectivity index (χ3n) is 3.19. The van der Waals surface area contributed by atoms with Crippen LogP contribution in [-0.2, 0) is 11.3 Å². The minimum atomic E-state index is -0.569. The second kappa shape index (κ2) is 8.19. The van der Waals surface area contributed by atoms with Gasteiger partial charge in [-0.1, -0.05) is 17.7 Å². The summed E-state index contributed by atoms with van der Waals surface area (Å²) in [6.07, 6.45) is 1.38. The number of anilines is 1. The monoisotopic (exact) mass is 359 g/mol. The number of nitriles is 1. The van der Waals surface area contributed by atoms with Gasteiger partial charge >= 0.3 is 0 Å². The van der Waals surface area contributed by atoms with Crippen LogP contribution in [0.4, 0.5) is 11.5 Å². The number of pyridine rings is 1. The van der Waals surface area contributed by atoms with Crippen LogP contribution in [0.15, 0.2) is 29.4 Å². The molecule has 1 N–H and O–H groups in total. The van der Waals surface area contributed by atoms with Crippen molar-refractivity contribution in [2.45, 2.75) is 13.5 Å². The van der Waals surface area contributed by atoms with Crippen LogP contribution in [0.5, 0.6) is 0 Å². The standard InChI is InChI=1S/C16H14ClN5O3/c1-10-5-12(9-25-2)13(7-18)16(20-10)21-19-8-11-3-4-14(17)15(6-11)22(23)24/h3-6,8H,9H2,1-2H3,(H,20,21)/b19-8+. The SMILES string of the molecule is COCc1cc(C)nc(N/N=C/c2ccc(Cl)c([N+](=O)[O-])c2)c1C#N. The summed E-state index contributed by atoms with van der Waals surface area (Å²) in [5.74, 6) is 0.286. The number of hydrogen-bond donors (Lipinski definition) is 1. The Kier molecular flexibility index (Phi) is 6.00. The number of methoxy groups -OCH3 is 1. The molecule has 0 aliphatic carbocycles. The number of halogens is 1. The summed E-state index contributed by atoms with van der Waals surface area (Å²) in [5, 5.41) is 24.3. The number of nitro benzene ring substituents is 1. The van der Waals surface area contributed by atoms with Crippen molar-refractivity contribution >= 4 is 29.3 Å². The first-order valence-corrected chi connectivity index (χ1v) is 7.46. The van der Waals surface area contributed by atoms with Crippen LogP contribution < -0.4 is 5.43 Å². The zero-order chi connectivity index (χ0) is 18.4. The first-order valence-electron chi connectivity index (χ1n) is 7.08. The van der Waals surface area contributed by atoms with Crippen molar-refractivity contribution in [2.75, 3.05) is 12.5 Å². The van der Waals surface area contributed by atoms with Crippen LogP contribution in [0.3, 0.4) is 0 Å². The lowest BCUT2D eigenvalue weighted by Crippen LogP contribution is -2.03. The molecule has 8 nitrogen and oxygen atoms in total. The quantitative estimate of drug-likeness (QED) is 0.480. The van der Waals surface area contributed by atoms with Gasteiger partial charge in [-0.3, -0.25) is 15.5 Å². The molecule has 0 atom stereocenters. The summed E-state index contributed by atoms with van der Waals surface area (Å²) < 4.78 is 5.08. The van der Waals surface area contributed by atoms with E-state index < -0.39 is 4.92 Å². The fourth-order valence-corrected chi connectivity index (χ4v) is 2.32. The average molecular weight is 360 g/mol. The predicted molar refractivity (Wildman–Crippen MR) is 93.7 cm³/mol. The first-order chi connectivity index (χ1) is 12.0. The lowest BCUT2D eigenvalue weighted by atomic mass is 10.1. The number of hydrogen-bond acceptors (Lipinski definition) is 7. The van der Waals surface area contributed by atoms with Gasteiger partial charge in [-0.05, 0) is 19.1 Å². The molecule has 0 amide bonds. The van der Waals surface area contributed by atoms with Gasteiger partial charge in [0.15, 0.2) is 5.82 Å². The van der Waals surface area contributed by atoms with E-state index in [1.165, 1.54) is 25.5 Å². The van der Waals surface area contributed by atoms with Crippen molar-refractivity contribution in [1.82, 2.24) is 4.98 Å². The van der Waals surface area contributed by atoms with Gasteiger partial charge < -0.3 is 4.74 Å². The topological polar surface area (TPSA) is 113 Å². The Hall–Kier alpha value is -3.02. The van der Waals surface area contributed by atoms with Crippen molar-refractivity contribution in [1.29, 1.82) is 5.26 Å². The van der Waals surface area contributed by atoms with Gasteiger partial charge in [0.2, 0.25) is 0 Å². The van der Waals surface area contributed by atoms with Crippen LogP contribution >= 0.6 is 11.6 Å². The molecule has 128 valence electrons. The molecular formula is C16H14ClN5O3. The maximum absolute atomic E-state index is 10.9. The van der Waals surface area contributed by atoms with Crippen molar-refractivity contribution in [2.24, 2.45) is 5.10 Å². The Morgan fingerprint density at radius 2 is 2.28 bits per heavy atom. The Bertz CT molecular complexity index is 877. The van der Waals surface area contributed by atoms with Gasteiger partial charge in [0.25, 0.3) is 5.69 Å². The smallest absolute Gasteiger partial charge is 0.288 e. The van der Waals surface area contributed by atoms with Crippen molar-refractivity contribution in [3.8, 4) is 6.07 Å². The molecule has 0 aliphatic rings. The Morgan fingerprint density at radius 3 is 2.92 bits per heavy atom. The third-order valence-corrected chi connectivity index (χ3v) is 3.51. The van der Waals surface area contributed by atoms with E-state index in [-0.39, 0.29) is 23.1 Å². The highest BCUT2D eigenvalue weighted by atomic mass is 35.5. The predicted octanol–water partition coefficient (Wildman–Crippen LogP) is 3.42. The molecule has 0 saturated heterocycles. The molecule has 1 aromatic carbocycles. The zero-order valence-electron chi connectivity index (χ0n) is 13.5. The van der Waals surface area contributed by atoms with Gasteiger partial charge in [-0.15, -0.1) is 0 Å². The van der Waals surface area contributed by atoms with Crippen LogP contribution in [-0.4, -0.2) is 23.2 Å². The number of nitrogens with zero attached hydrogens (tertiary/aromatic N) is 4. The van der Waals surface area contributed by atoms with Crippen LogP contribution in [0.2, 0.25) is 5.02 Å². The number of aryl methyl sites for hydroxylation is 1. The zero-order valence-corrected chi connectivity index (χ0v) is 14.2. The maximum atomic E-state index is 10.9. The van der Waals surface area contributed by atoms with Crippen LogP contribution in [0.1, 0.15) is 22.4 Å². The Labute approximate surface area is 148 Å². The van der Waals surface area contributed by atoms with Crippen molar-refractivity contribution < 1.29 is 9.66 Å². The Morgan fingerprint density at radius 1 is 1.52 bits per heavy atom. The van der Waals surface area contributed by atoms with E-state index in [0.29, 0.717) is 22.4 Å². The fraction of sp³-hybridized carbons (Fsp3) is 0.188.